The fourth-order valence-electron chi connectivity index (χ4n) is 2.64. The van der Waals surface area contributed by atoms with Crippen LogP contribution in [0.4, 0.5) is 0 Å². The van der Waals surface area contributed by atoms with Crippen LogP contribution in [0.15, 0.2) is 48.5 Å². The van der Waals surface area contributed by atoms with Crippen LogP contribution >= 0.6 is 11.6 Å². The summed E-state index contributed by atoms with van der Waals surface area (Å²) < 4.78 is 10.4. The zero-order valence-corrected chi connectivity index (χ0v) is 14.7. The molecule has 0 bridgehead atoms. The molecule has 0 saturated carbocycles. The number of benzene rings is 2. The third-order valence-electron chi connectivity index (χ3n) is 4.09. The number of hydrogen-bond acceptors (Lipinski definition) is 4. The Morgan fingerprint density at radius 2 is 1.92 bits per heavy atom. The molecule has 2 atom stereocenters. The first kappa shape index (κ1) is 18.3. The molecular weight excluding hydrogens is 328 g/mol. The number of aliphatic hydroxyl groups is 1. The second-order valence-corrected chi connectivity index (χ2v) is 5.93. The molecule has 0 aliphatic carbocycles. The van der Waals surface area contributed by atoms with Crippen molar-refractivity contribution in [2.24, 2.45) is 0 Å². The highest BCUT2D eigenvalue weighted by Gasteiger charge is 2.45. The molecule has 128 valence electrons. The lowest BCUT2D eigenvalue weighted by molar-refractivity contribution is -0.168. The van der Waals surface area contributed by atoms with Crippen LogP contribution in [0.1, 0.15) is 30.9 Å². The van der Waals surface area contributed by atoms with Gasteiger partial charge in [-0.3, -0.25) is 0 Å². The maximum Gasteiger partial charge on any atom is 0.343 e. The molecular formula is C19H21ClO4. The second kappa shape index (κ2) is 7.69. The summed E-state index contributed by atoms with van der Waals surface area (Å²) in [5.41, 5.74) is -0.640. The number of ether oxygens (including phenoxy) is 2. The second-order valence-electron chi connectivity index (χ2n) is 5.49. The number of carbonyl (C=O) groups excluding carboxylic acids is 1. The minimum Gasteiger partial charge on any atom is -0.497 e. The normalized spacial score (nSPS) is 14.5. The van der Waals surface area contributed by atoms with E-state index in [1.807, 2.05) is 0 Å². The van der Waals surface area contributed by atoms with Crippen molar-refractivity contribution in [2.45, 2.75) is 25.4 Å². The summed E-state index contributed by atoms with van der Waals surface area (Å²) in [5, 5.41) is 11.9. The Morgan fingerprint density at radius 1 is 1.25 bits per heavy atom. The number of rotatable bonds is 6. The van der Waals surface area contributed by atoms with Crippen LogP contribution in [-0.2, 0) is 15.1 Å². The van der Waals surface area contributed by atoms with Crippen LogP contribution in [-0.4, -0.2) is 24.8 Å². The third kappa shape index (κ3) is 3.55. The SMILES string of the molecule is CCOC(=O)[C@](O)(c1cccc(OC)c1)[C@@H](C)c1ccc(Cl)cc1. The van der Waals surface area contributed by atoms with Crippen molar-refractivity contribution in [1.29, 1.82) is 0 Å². The van der Waals surface area contributed by atoms with Crippen LogP contribution in [0.2, 0.25) is 5.02 Å². The molecule has 0 heterocycles. The largest absolute Gasteiger partial charge is 0.497 e. The molecule has 0 radical (unpaired) electrons. The van der Waals surface area contributed by atoms with Gasteiger partial charge in [-0.2, -0.15) is 0 Å². The highest BCUT2D eigenvalue weighted by molar-refractivity contribution is 6.30. The molecule has 4 nitrogen and oxygen atoms in total. The van der Waals surface area contributed by atoms with E-state index in [1.54, 1.807) is 62.4 Å². The van der Waals surface area contributed by atoms with Gasteiger partial charge >= 0.3 is 5.97 Å². The molecule has 0 spiro atoms. The lowest BCUT2D eigenvalue weighted by atomic mass is 9.78. The first-order valence-electron chi connectivity index (χ1n) is 7.73. The summed E-state index contributed by atoms with van der Waals surface area (Å²) in [4.78, 5) is 12.6. The van der Waals surface area contributed by atoms with Gasteiger partial charge in [-0.1, -0.05) is 42.8 Å². The summed E-state index contributed by atoms with van der Waals surface area (Å²) in [6, 6.07) is 13.8. The molecule has 2 aromatic rings. The minimum absolute atomic E-state index is 0.179. The van der Waals surface area contributed by atoms with Crippen molar-refractivity contribution in [3.63, 3.8) is 0 Å². The fourth-order valence-corrected chi connectivity index (χ4v) is 2.76. The number of methoxy groups -OCH3 is 1. The standard InChI is InChI=1S/C19H21ClO4/c1-4-24-18(21)19(22,15-6-5-7-17(12-15)23-3)13(2)14-8-10-16(20)11-9-14/h5-13,22H,4H2,1-3H3/t13-,19+/m0/s1. The van der Waals surface area contributed by atoms with Crippen molar-refractivity contribution in [2.75, 3.05) is 13.7 Å². The third-order valence-corrected chi connectivity index (χ3v) is 4.35. The van der Waals surface area contributed by atoms with E-state index in [1.165, 1.54) is 7.11 Å². The van der Waals surface area contributed by atoms with Gasteiger partial charge in [0.1, 0.15) is 5.75 Å². The van der Waals surface area contributed by atoms with E-state index in [2.05, 4.69) is 0 Å². The van der Waals surface area contributed by atoms with Gasteiger partial charge in [0, 0.05) is 10.9 Å². The van der Waals surface area contributed by atoms with E-state index in [0.29, 0.717) is 16.3 Å². The molecule has 0 amide bonds. The van der Waals surface area contributed by atoms with Gasteiger partial charge in [0.05, 0.1) is 13.7 Å². The first-order chi connectivity index (χ1) is 11.4. The van der Waals surface area contributed by atoms with Crippen molar-refractivity contribution in [3.8, 4) is 5.75 Å². The molecule has 0 unspecified atom stereocenters. The molecule has 0 saturated heterocycles. The fraction of sp³-hybridized carbons (Fsp3) is 0.316. The van der Waals surface area contributed by atoms with Crippen molar-refractivity contribution >= 4 is 17.6 Å². The highest BCUT2D eigenvalue weighted by Crippen LogP contribution is 2.39. The highest BCUT2D eigenvalue weighted by atomic mass is 35.5. The average molecular weight is 349 g/mol. The zero-order valence-electron chi connectivity index (χ0n) is 14.0. The van der Waals surface area contributed by atoms with E-state index < -0.39 is 17.5 Å². The summed E-state index contributed by atoms with van der Waals surface area (Å²) in [6.45, 7) is 3.66. The van der Waals surface area contributed by atoms with Gasteiger partial charge in [0.25, 0.3) is 0 Å². The Bertz CT molecular complexity index is 699. The summed E-state index contributed by atoms with van der Waals surface area (Å²) in [7, 11) is 1.53. The van der Waals surface area contributed by atoms with Gasteiger partial charge in [-0.15, -0.1) is 0 Å². The van der Waals surface area contributed by atoms with Crippen LogP contribution < -0.4 is 4.74 Å². The van der Waals surface area contributed by atoms with Gasteiger partial charge < -0.3 is 14.6 Å². The lowest BCUT2D eigenvalue weighted by Gasteiger charge is -2.32. The molecule has 1 N–H and O–H groups in total. The summed E-state index contributed by atoms with van der Waals surface area (Å²) in [5.74, 6) is -0.680. The van der Waals surface area contributed by atoms with Gasteiger partial charge in [-0.25, -0.2) is 4.79 Å². The smallest absolute Gasteiger partial charge is 0.343 e. The van der Waals surface area contributed by atoms with Crippen molar-refractivity contribution in [3.05, 3.63) is 64.7 Å². The van der Waals surface area contributed by atoms with Crippen LogP contribution in [0.5, 0.6) is 5.75 Å². The predicted octanol–water partition coefficient (Wildman–Crippen LogP) is 3.90. The Kier molecular flexibility index (Phi) is 5.86. The minimum atomic E-state index is -1.83. The summed E-state index contributed by atoms with van der Waals surface area (Å²) in [6.07, 6.45) is 0. The van der Waals surface area contributed by atoms with Gasteiger partial charge in [-0.05, 0) is 42.3 Å². The summed E-state index contributed by atoms with van der Waals surface area (Å²) >= 11 is 5.93. The maximum absolute atomic E-state index is 12.6. The van der Waals surface area contributed by atoms with Crippen LogP contribution in [0.3, 0.4) is 0 Å². The molecule has 24 heavy (non-hydrogen) atoms. The molecule has 0 aliphatic rings. The van der Waals surface area contributed by atoms with E-state index in [-0.39, 0.29) is 6.61 Å². The average Bonchev–Trinajstić information content (AvgIpc) is 2.61. The Hall–Kier alpha value is -2.04. The van der Waals surface area contributed by atoms with Crippen LogP contribution in [0.25, 0.3) is 0 Å². The number of hydrogen-bond donors (Lipinski definition) is 1. The lowest BCUT2D eigenvalue weighted by Crippen LogP contribution is -2.42. The Balaban J connectivity index is 2.53. The Morgan fingerprint density at radius 3 is 2.50 bits per heavy atom. The monoisotopic (exact) mass is 348 g/mol. The van der Waals surface area contributed by atoms with E-state index in [9.17, 15) is 9.90 Å². The topological polar surface area (TPSA) is 55.8 Å². The van der Waals surface area contributed by atoms with Crippen molar-refractivity contribution in [1.82, 2.24) is 0 Å². The number of esters is 1. The van der Waals surface area contributed by atoms with Crippen LogP contribution in [0, 0.1) is 0 Å². The van der Waals surface area contributed by atoms with E-state index >= 15 is 0 Å². The number of carbonyl (C=O) groups is 1. The molecule has 0 aromatic heterocycles. The van der Waals surface area contributed by atoms with E-state index in [4.69, 9.17) is 21.1 Å². The van der Waals surface area contributed by atoms with E-state index in [0.717, 1.165) is 5.56 Å². The van der Waals surface area contributed by atoms with Gasteiger partial charge in [0.2, 0.25) is 0 Å². The maximum atomic E-state index is 12.6. The molecule has 0 fully saturated rings. The molecule has 5 heteroatoms. The van der Waals surface area contributed by atoms with Gasteiger partial charge in [0.15, 0.2) is 5.60 Å². The molecule has 2 aromatic carbocycles. The molecule has 0 aliphatic heterocycles. The zero-order chi connectivity index (χ0) is 17.7. The molecule has 2 rings (SSSR count). The quantitative estimate of drug-likeness (QED) is 0.804. The first-order valence-corrected chi connectivity index (χ1v) is 8.10. The predicted molar refractivity (Wildman–Crippen MR) is 93.4 cm³/mol. The Labute approximate surface area is 147 Å². The van der Waals surface area contributed by atoms with Crippen molar-refractivity contribution < 1.29 is 19.4 Å². The number of halogens is 1.